The highest BCUT2D eigenvalue weighted by Gasteiger charge is 2.24. The van der Waals surface area contributed by atoms with Crippen LogP contribution in [0.1, 0.15) is 12.5 Å². The van der Waals surface area contributed by atoms with Crippen molar-refractivity contribution in [2.45, 2.75) is 6.92 Å². The predicted octanol–water partition coefficient (Wildman–Crippen LogP) is 5.95. The maximum Gasteiger partial charge on any atom is 0.264 e. The number of ether oxygens (including phenoxy) is 2. The van der Waals surface area contributed by atoms with Crippen LogP contribution >= 0.6 is 46.6 Å². The number of amides is 1. The Kier molecular flexibility index (Phi) is 6.78. The van der Waals surface area contributed by atoms with Gasteiger partial charge in [0.2, 0.25) is 0 Å². The maximum absolute atomic E-state index is 12.3. The summed E-state index contributed by atoms with van der Waals surface area (Å²) in [4.78, 5) is 17.1. The first-order valence-corrected chi connectivity index (χ1v) is 10.1. The molecule has 1 fully saturated rings. The number of thioether (sulfide) groups is 1. The standard InChI is InChI=1S/C19H15Cl3N2O3S/c1-3-27-17-12(21)7-10(8-14(17)26-2)9-15-18(25)24-19(28-15)23-13-6-4-5-11(20)16(13)22/h4-9H,3H2,1-2H3,(H,23,24,25)/b15-9+. The van der Waals surface area contributed by atoms with Gasteiger partial charge in [-0.05, 0) is 54.6 Å². The fourth-order valence-electron chi connectivity index (χ4n) is 2.43. The third kappa shape index (κ3) is 4.58. The molecular formula is C19H15Cl3N2O3S. The Bertz CT molecular complexity index is 993. The lowest BCUT2D eigenvalue weighted by Crippen LogP contribution is -2.19. The van der Waals surface area contributed by atoms with Crippen molar-refractivity contribution < 1.29 is 14.3 Å². The minimum Gasteiger partial charge on any atom is -0.493 e. The molecular weight excluding hydrogens is 443 g/mol. The third-order valence-electron chi connectivity index (χ3n) is 3.64. The number of aliphatic imine (C=N–C) groups is 1. The fraction of sp³-hybridized carbons (Fsp3) is 0.158. The van der Waals surface area contributed by atoms with Gasteiger partial charge in [-0.15, -0.1) is 0 Å². The Balaban J connectivity index is 1.90. The molecule has 0 unspecified atom stereocenters. The molecule has 0 saturated carbocycles. The van der Waals surface area contributed by atoms with E-state index in [2.05, 4.69) is 10.3 Å². The number of nitrogens with one attached hydrogen (secondary N) is 1. The molecule has 1 heterocycles. The van der Waals surface area contributed by atoms with E-state index in [0.717, 1.165) is 0 Å². The number of hydrogen-bond acceptors (Lipinski definition) is 5. The monoisotopic (exact) mass is 456 g/mol. The van der Waals surface area contributed by atoms with Crippen LogP contribution in [0.3, 0.4) is 0 Å². The maximum atomic E-state index is 12.3. The third-order valence-corrected chi connectivity index (χ3v) is 5.64. The molecule has 1 aliphatic heterocycles. The topological polar surface area (TPSA) is 59.9 Å². The van der Waals surface area contributed by atoms with Crippen molar-refractivity contribution in [2.75, 3.05) is 13.7 Å². The molecule has 146 valence electrons. The first-order chi connectivity index (χ1) is 13.4. The van der Waals surface area contributed by atoms with E-state index in [1.54, 1.807) is 36.4 Å². The summed E-state index contributed by atoms with van der Waals surface area (Å²) >= 11 is 19.6. The highest BCUT2D eigenvalue weighted by molar-refractivity contribution is 8.18. The van der Waals surface area contributed by atoms with E-state index < -0.39 is 0 Å². The summed E-state index contributed by atoms with van der Waals surface area (Å²) in [5.41, 5.74) is 1.17. The second kappa shape index (κ2) is 9.09. The lowest BCUT2D eigenvalue weighted by molar-refractivity contribution is -0.115. The molecule has 0 aliphatic carbocycles. The van der Waals surface area contributed by atoms with Crippen LogP contribution in [-0.2, 0) is 4.79 Å². The number of amidine groups is 1. The lowest BCUT2D eigenvalue weighted by Gasteiger charge is -2.12. The molecule has 0 atom stereocenters. The molecule has 28 heavy (non-hydrogen) atoms. The number of carbonyl (C=O) groups is 1. The quantitative estimate of drug-likeness (QED) is 0.564. The van der Waals surface area contributed by atoms with E-state index in [9.17, 15) is 4.79 Å². The molecule has 0 spiro atoms. The number of methoxy groups -OCH3 is 1. The van der Waals surface area contributed by atoms with Crippen LogP contribution in [0.25, 0.3) is 6.08 Å². The highest BCUT2D eigenvalue weighted by atomic mass is 35.5. The largest absolute Gasteiger partial charge is 0.493 e. The minimum atomic E-state index is -0.272. The van der Waals surface area contributed by atoms with E-state index in [1.165, 1.54) is 18.9 Å². The summed E-state index contributed by atoms with van der Waals surface area (Å²) in [6, 6.07) is 8.58. The molecule has 2 aromatic rings. The Labute approximate surface area is 181 Å². The Morgan fingerprint density at radius 2 is 2.00 bits per heavy atom. The van der Waals surface area contributed by atoms with Crippen molar-refractivity contribution in [3.05, 3.63) is 55.9 Å². The molecule has 3 rings (SSSR count). The molecule has 1 amide bonds. The van der Waals surface area contributed by atoms with Crippen LogP contribution in [0.5, 0.6) is 11.5 Å². The zero-order chi connectivity index (χ0) is 20.3. The van der Waals surface area contributed by atoms with Gasteiger partial charge in [0, 0.05) is 0 Å². The van der Waals surface area contributed by atoms with Gasteiger partial charge in [0.05, 0.1) is 39.4 Å². The highest BCUT2D eigenvalue weighted by Crippen LogP contribution is 2.38. The number of nitrogens with zero attached hydrogens (tertiary/aromatic N) is 1. The second-order valence-corrected chi connectivity index (χ2v) is 7.74. The molecule has 0 bridgehead atoms. The average Bonchev–Trinajstić information content (AvgIpc) is 3.00. The smallest absolute Gasteiger partial charge is 0.264 e. The SMILES string of the molecule is CCOc1c(Cl)cc(/C=C2/SC(=Nc3cccc(Cl)c3Cl)NC2=O)cc1OC. The summed E-state index contributed by atoms with van der Waals surface area (Å²) in [5, 5.41) is 4.23. The van der Waals surface area contributed by atoms with E-state index in [1.807, 2.05) is 6.92 Å². The molecule has 9 heteroatoms. The van der Waals surface area contributed by atoms with Crippen molar-refractivity contribution in [3.63, 3.8) is 0 Å². The summed E-state index contributed by atoms with van der Waals surface area (Å²) in [6.07, 6.45) is 1.70. The van der Waals surface area contributed by atoms with Crippen molar-refractivity contribution >= 4 is 69.4 Å². The number of rotatable bonds is 5. The zero-order valence-corrected chi connectivity index (χ0v) is 18.0. The summed E-state index contributed by atoms with van der Waals surface area (Å²) < 4.78 is 10.8. The molecule has 0 aromatic heterocycles. The Morgan fingerprint density at radius 1 is 1.21 bits per heavy atom. The number of hydrogen-bond donors (Lipinski definition) is 1. The number of benzene rings is 2. The van der Waals surface area contributed by atoms with Crippen LogP contribution in [-0.4, -0.2) is 24.8 Å². The fourth-order valence-corrected chi connectivity index (χ4v) is 3.87. The van der Waals surface area contributed by atoms with Crippen LogP contribution < -0.4 is 14.8 Å². The molecule has 1 N–H and O–H groups in total. The minimum absolute atomic E-state index is 0.272. The summed E-state index contributed by atoms with van der Waals surface area (Å²) in [6.45, 7) is 2.32. The van der Waals surface area contributed by atoms with Gasteiger partial charge >= 0.3 is 0 Å². The van der Waals surface area contributed by atoms with Crippen LogP contribution in [0.4, 0.5) is 5.69 Å². The molecule has 1 aliphatic rings. The van der Waals surface area contributed by atoms with Gasteiger partial charge in [0.15, 0.2) is 16.7 Å². The van der Waals surface area contributed by atoms with Gasteiger partial charge in [-0.1, -0.05) is 40.9 Å². The average molecular weight is 458 g/mol. The van der Waals surface area contributed by atoms with E-state index in [0.29, 0.717) is 54.5 Å². The van der Waals surface area contributed by atoms with Crippen LogP contribution in [0.15, 0.2) is 40.2 Å². The number of carbonyl (C=O) groups excluding carboxylic acids is 1. The molecule has 1 saturated heterocycles. The van der Waals surface area contributed by atoms with Crippen molar-refractivity contribution in [3.8, 4) is 11.5 Å². The van der Waals surface area contributed by atoms with E-state index in [-0.39, 0.29) is 5.91 Å². The van der Waals surface area contributed by atoms with Crippen molar-refractivity contribution in [2.24, 2.45) is 4.99 Å². The Hall–Kier alpha value is -1.86. The molecule has 0 radical (unpaired) electrons. The van der Waals surface area contributed by atoms with Crippen molar-refractivity contribution in [1.29, 1.82) is 0 Å². The van der Waals surface area contributed by atoms with Gasteiger partial charge in [0.1, 0.15) is 0 Å². The van der Waals surface area contributed by atoms with E-state index in [4.69, 9.17) is 44.3 Å². The first kappa shape index (κ1) is 20.9. The van der Waals surface area contributed by atoms with Gasteiger partial charge < -0.3 is 14.8 Å². The lowest BCUT2D eigenvalue weighted by atomic mass is 10.2. The van der Waals surface area contributed by atoms with Crippen LogP contribution in [0.2, 0.25) is 15.1 Å². The van der Waals surface area contributed by atoms with Gasteiger partial charge in [0.25, 0.3) is 5.91 Å². The Morgan fingerprint density at radius 3 is 2.71 bits per heavy atom. The zero-order valence-electron chi connectivity index (χ0n) is 14.9. The van der Waals surface area contributed by atoms with Crippen LogP contribution in [0, 0.1) is 0 Å². The second-order valence-electron chi connectivity index (χ2n) is 5.52. The molecule has 5 nitrogen and oxygen atoms in total. The van der Waals surface area contributed by atoms with Gasteiger partial charge in [-0.3, -0.25) is 4.79 Å². The summed E-state index contributed by atoms with van der Waals surface area (Å²) in [7, 11) is 1.53. The normalized spacial score (nSPS) is 16.5. The van der Waals surface area contributed by atoms with E-state index >= 15 is 0 Å². The van der Waals surface area contributed by atoms with Gasteiger partial charge in [-0.2, -0.15) is 0 Å². The summed E-state index contributed by atoms with van der Waals surface area (Å²) in [5.74, 6) is 0.685. The number of halogens is 3. The predicted molar refractivity (Wildman–Crippen MR) is 116 cm³/mol. The molecule has 2 aromatic carbocycles. The van der Waals surface area contributed by atoms with Crippen molar-refractivity contribution in [1.82, 2.24) is 5.32 Å². The van der Waals surface area contributed by atoms with Gasteiger partial charge in [-0.25, -0.2) is 4.99 Å². The first-order valence-electron chi connectivity index (χ1n) is 8.16.